The quantitative estimate of drug-likeness (QED) is 0.0218. The molecule has 2 atom stereocenters. The van der Waals surface area contributed by atoms with E-state index in [0.29, 0.717) is 64.7 Å². The summed E-state index contributed by atoms with van der Waals surface area (Å²) in [6.07, 6.45) is 27.3. The fraction of sp³-hybridized carbons (Fsp3) is 0.857. The predicted molar refractivity (Wildman–Crippen MR) is 232 cm³/mol. The van der Waals surface area contributed by atoms with E-state index >= 15 is 0 Å². The maximum Gasteiger partial charge on any atom is 0.242 e. The second-order valence-electron chi connectivity index (χ2n) is 15.3. The molecule has 0 aliphatic rings. The van der Waals surface area contributed by atoms with Gasteiger partial charge in [0.1, 0.15) is 12.1 Å². The van der Waals surface area contributed by atoms with Crippen molar-refractivity contribution in [1.82, 2.24) is 21.3 Å². The second kappa shape index (κ2) is 38.3. The number of carbonyl (C=O) groups excluding carboxylic acids is 4. The SMILES string of the molecule is CCCCCCCCCCCC(=O)N[C@@H](CCCN=C(N)N)C(=O)NCCCCCCNC(=O)[C@H](CCCN=C(N)N)NC(=O)CCCCCCCCCCC. The predicted octanol–water partition coefficient (Wildman–Crippen LogP) is 5.70. The Balaban J connectivity index is 4.55. The van der Waals surface area contributed by atoms with E-state index in [2.05, 4.69) is 45.1 Å². The Labute approximate surface area is 340 Å². The molecule has 4 amide bonds. The number of hydrogen-bond donors (Lipinski definition) is 8. The number of amides is 4. The maximum absolute atomic E-state index is 13.0. The lowest BCUT2D eigenvalue weighted by Crippen LogP contribution is -2.47. The third-order valence-corrected chi connectivity index (χ3v) is 9.91. The van der Waals surface area contributed by atoms with Gasteiger partial charge in [-0.15, -0.1) is 0 Å². The lowest BCUT2D eigenvalue weighted by molar-refractivity contribution is -0.129. The molecule has 0 aliphatic carbocycles. The van der Waals surface area contributed by atoms with E-state index in [-0.39, 0.29) is 35.5 Å². The first-order valence-electron chi connectivity index (χ1n) is 22.4. The maximum atomic E-state index is 13.0. The van der Waals surface area contributed by atoms with Crippen LogP contribution in [-0.2, 0) is 19.2 Å². The molecule has 0 aromatic carbocycles. The van der Waals surface area contributed by atoms with Crippen molar-refractivity contribution in [3.63, 3.8) is 0 Å². The molecule has 0 bridgehead atoms. The van der Waals surface area contributed by atoms with Crippen LogP contribution in [0.5, 0.6) is 0 Å². The molecule has 0 radical (unpaired) electrons. The van der Waals surface area contributed by atoms with Gasteiger partial charge in [-0.05, 0) is 51.4 Å². The standard InChI is InChI=1S/C42H84N10O4/c1-3-5-7-9-11-13-15-17-21-29-37(53)51-35(27-25-33-49-41(43)44)39(55)47-31-23-19-20-24-32-48-40(56)36(28-26-34-50-42(45)46)52-38(54)30-22-18-16-14-12-10-8-6-4-2/h35-36H,3-34H2,1-2H3,(H,47,55)(H,48,56)(H,51,53)(H,52,54)(H4,43,44,49)(H4,45,46,50)/t35-,36-/m0/s1. The normalized spacial score (nSPS) is 12.0. The summed E-state index contributed by atoms with van der Waals surface area (Å²) in [6, 6.07) is -1.27. The van der Waals surface area contributed by atoms with E-state index in [9.17, 15) is 19.2 Å². The molecule has 0 unspecified atom stereocenters. The highest BCUT2D eigenvalue weighted by molar-refractivity contribution is 5.88. The number of hydrogen-bond acceptors (Lipinski definition) is 6. The van der Waals surface area contributed by atoms with Crippen molar-refractivity contribution < 1.29 is 19.2 Å². The van der Waals surface area contributed by atoms with Crippen molar-refractivity contribution in [3.8, 4) is 0 Å². The van der Waals surface area contributed by atoms with Crippen LogP contribution in [0.3, 0.4) is 0 Å². The molecular formula is C42H84N10O4. The Morgan fingerprint density at radius 3 is 1.05 bits per heavy atom. The number of nitrogens with one attached hydrogen (secondary N) is 4. The summed E-state index contributed by atoms with van der Waals surface area (Å²) in [5.41, 5.74) is 21.8. The van der Waals surface area contributed by atoms with E-state index in [4.69, 9.17) is 22.9 Å². The minimum Gasteiger partial charge on any atom is -0.370 e. The first kappa shape index (κ1) is 52.4. The highest BCUT2D eigenvalue weighted by Crippen LogP contribution is 2.12. The van der Waals surface area contributed by atoms with Crippen molar-refractivity contribution in [3.05, 3.63) is 0 Å². The molecule has 0 aromatic heterocycles. The number of aliphatic imine (C=N–C) groups is 2. The molecule has 0 saturated carbocycles. The first-order chi connectivity index (χ1) is 27.1. The third kappa shape index (κ3) is 34.9. The molecule has 0 saturated heterocycles. The summed E-state index contributed by atoms with van der Waals surface area (Å²) in [4.78, 5) is 59.5. The van der Waals surface area contributed by atoms with Crippen LogP contribution in [0.25, 0.3) is 0 Å². The average molecular weight is 793 g/mol. The first-order valence-corrected chi connectivity index (χ1v) is 22.4. The van der Waals surface area contributed by atoms with Gasteiger partial charge >= 0.3 is 0 Å². The average Bonchev–Trinajstić information content (AvgIpc) is 3.16. The molecule has 326 valence electrons. The number of nitrogens with zero attached hydrogens (tertiary/aromatic N) is 2. The zero-order valence-electron chi connectivity index (χ0n) is 35.6. The highest BCUT2D eigenvalue weighted by Gasteiger charge is 2.21. The number of unbranched alkanes of at least 4 members (excludes halogenated alkanes) is 19. The zero-order valence-corrected chi connectivity index (χ0v) is 35.6. The van der Waals surface area contributed by atoms with Crippen molar-refractivity contribution in [2.75, 3.05) is 26.2 Å². The van der Waals surface area contributed by atoms with Gasteiger partial charge in [-0.1, -0.05) is 129 Å². The van der Waals surface area contributed by atoms with Crippen LogP contribution in [-0.4, -0.2) is 73.8 Å². The molecule has 12 N–H and O–H groups in total. The largest absolute Gasteiger partial charge is 0.370 e. The minimum absolute atomic E-state index is 0.00524. The number of guanidine groups is 2. The van der Waals surface area contributed by atoms with Crippen molar-refractivity contribution in [2.24, 2.45) is 32.9 Å². The van der Waals surface area contributed by atoms with E-state index in [1.165, 1.54) is 77.0 Å². The lowest BCUT2D eigenvalue weighted by Gasteiger charge is -2.19. The summed E-state index contributed by atoms with van der Waals surface area (Å²) in [7, 11) is 0. The molecule has 0 aromatic rings. The fourth-order valence-corrected chi connectivity index (χ4v) is 6.54. The van der Waals surface area contributed by atoms with Crippen LogP contribution in [0.1, 0.15) is 194 Å². The van der Waals surface area contributed by atoms with Gasteiger partial charge in [-0.3, -0.25) is 29.2 Å². The van der Waals surface area contributed by atoms with Gasteiger partial charge in [0.25, 0.3) is 0 Å². The van der Waals surface area contributed by atoms with E-state index in [1.54, 1.807) is 0 Å². The Kier molecular flexibility index (Phi) is 35.9. The molecule has 0 rings (SSSR count). The Bertz CT molecular complexity index is 982. The minimum atomic E-state index is -0.636. The molecule has 0 heterocycles. The number of carbonyl (C=O) groups is 4. The van der Waals surface area contributed by atoms with Crippen LogP contribution in [0.15, 0.2) is 9.98 Å². The Hall–Kier alpha value is -3.58. The van der Waals surface area contributed by atoms with Crippen LogP contribution >= 0.6 is 0 Å². The van der Waals surface area contributed by atoms with Gasteiger partial charge in [-0.2, -0.15) is 0 Å². The fourth-order valence-electron chi connectivity index (χ4n) is 6.54. The van der Waals surface area contributed by atoms with Crippen molar-refractivity contribution >= 4 is 35.5 Å². The van der Waals surface area contributed by atoms with Crippen LogP contribution in [0.4, 0.5) is 0 Å². The van der Waals surface area contributed by atoms with Crippen molar-refractivity contribution in [1.29, 1.82) is 0 Å². The van der Waals surface area contributed by atoms with Crippen LogP contribution in [0, 0.1) is 0 Å². The monoisotopic (exact) mass is 793 g/mol. The van der Waals surface area contributed by atoms with Gasteiger partial charge in [0.15, 0.2) is 11.9 Å². The van der Waals surface area contributed by atoms with Crippen molar-refractivity contribution in [2.45, 2.75) is 206 Å². The number of rotatable bonds is 39. The second-order valence-corrected chi connectivity index (χ2v) is 15.3. The Morgan fingerprint density at radius 1 is 0.429 bits per heavy atom. The molecule has 56 heavy (non-hydrogen) atoms. The van der Waals surface area contributed by atoms with E-state index < -0.39 is 12.1 Å². The van der Waals surface area contributed by atoms with Gasteiger partial charge in [-0.25, -0.2) is 0 Å². The smallest absolute Gasteiger partial charge is 0.242 e. The van der Waals surface area contributed by atoms with Crippen LogP contribution < -0.4 is 44.2 Å². The molecule has 14 heteroatoms. The number of nitrogens with two attached hydrogens (primary N) is 4. The zero-order chi connectivity index (χ0) is 41.5. The van der Waals surface area contributed by atoms with Crippen LogP contribution in [0.2, 0.25) is 0 Å². The van der Waals surface area contributed by atoms with E-state index in [1.807, 2.05) is 0 Å². The van der Waals surface area contributed by atoms with Gasteiger partial charge in [0.2, 0.25) is 23.6 Å². The van der Waals surface area contributed by atoms with Gasteiger partial charge < -0.3 is 44.2 Å². The lowest BCUT2D eigenvalue weighted by atomic mass is 10.1. The molecule has 0 aliphatic heterocycles. The van der Waals surface area contributed by atoms with E-state index in [0.717, 1.165) is 64.2 Å². The Morgan fingerprint density at radius 2 is 0.732 bits per heavy atom. The topological polar surface area (TPSA) is 245 Å². The molecular weight excluding hydrogens is 709 g/mol. The summed E-state index contributed by atoms with van der Waals surface area (Å²) in [5.74, 6) is -0.602. The molecule has 0 spiro atoms. The summed E-state index contributed by atoms with van der Waals surface area (Å²) in [5, 5.41) is 11.8. The van der Waals surface area contributed by atoms with Gasteiger partial charge in [0.05, 0.1) is 0 Å². The molecule has 0 fully saturated rings. The summed E-state index contributed by atoms with van der Waals surface area (Å²) >= 11 is 0. The van der Waals surface area contributed by atoms with Gasteiger partial charge in [0, 0.05) is 39.0 Å². The third-order valence-electron chi connectivity index (χ3n) is 9.91. The molecule has 14 nitrogen and oxygen atoms in total. The summed E-state index contributed by atoms with van der Waals surface area (Å²) in [6.45, 7) is 6.21. The highest BCUT2D eigenvalue weighted by atomic mass is 16.2. The summed E-state index contributed by atoms with van der Waals surface area (Å²) < 4.78 is 0.